The smallest absolute Gasteiger partial charge is 0.255 e. The van der Waals surface area contributed by atoms with E-state index in [0.717, 1.165) is 17.0 Å². The second kappa shape index (κ2) is 9.30. The topological polar surface area (TPSA) is 74.0 Å². The van der Waals surface area contributed by atoms with Gasteiger partial charge in [0.1, 0.15) is 12.4 Å². The van der Waals surface area contributed by atoms with Crippen LogP contribution in [0.5, 0.6) is 5.75 Å². The minimum Gasteiger partial charge on any atom is -0.492 e. The highest BCUT2D eigenvalue weighted by atomic mass is 16.5. The van der Waals surface area contributed by atoms with Gasteiger partial charge in [0.05, 0.1) is 18.8 Å². The highest BCUT2D eigenvalue weighted by molar-refractivity contribution is 6.04. The molecule has 4 aromatic rings. The van der Waals surface area contributed by atoms with E-state index in [4.69, 9.17) is 4.74 Å². The first kappa shape index (κ1) is 20.4. The molecule has 4 rings (SSSR count). The number of amides is 1. The molecule has 0 aliphatic heterocycles. The molecule has 0 unspecified atom stereocenters. The fourth-order valence-corrected chi connectivity index (χ4v) is 3.38. The van der Waals surface area contributed by atoms with E-state index in [9.17, 15) is 4.79 Å². The van der Waals surface area contributed by atoms with Crippen molar-refractivity contribution in [2.75, 3.05) is 11.9 Å². The summed E-state index contributed by atoms with van der Waals surface area (Å²) in [5.74, 6) is 0.534. The zero-order valence-corrected chi connectivity index (χ0v) is 17.7. The van der Waals surface area contributed by atoms with Gasteiger partial charge in [0.15, 0.2) is 0 Å². The van der Waals surface area contributed by atoms with Crippen LogP contribution in [0.2, 0.25) is 0 Å². The van der Waals surface area contributed by atoms with Crippen molar-refractivity contribution in [3.05, 3.63) is 95.6 Å². The highest BCUT2D eigenvalue weighted by Crippen LogP contribution is 2.19. The van der Waals surface area contributed by atoms with Gasteiger partial charge in [-0.05, 0) is 55.8 Å². The largest absolute Gasteiger partial charge is 0.492 e. The fourth-order valence-electron chi connectivity index (χ4n) is 3.38. The van der Waals surface area contributed by atoms with Gasteiger partial charge in [0.25, 0.3) is 5.91 Å². The van der Waals surface area contributed by atoms with Gasteiger partial charge in [-0.2, -0.15) is 10.2 Å². The van der Waals surface area contributed by atoms with Crippen molar-refractivity contribution >= 4 is 11.6 Å². The van der Waals surface area contributed by atoms with Crippen molar-refractivity contribution in [1.82, 2.24) is 19.6 Å². The van der Waals surface area contributed by atoms with Crippen LogP contribution in [0, 0.1) is 13.8 Å². The zero-order valence-electron chi connectivity index (χ0n) is 17.7. The second-order valence-corrected chi connectivity index (χ2v) is 7.38. The summed E-state index contributed by atoms with van der Waals surface area (Å²) < 4.78 is 9.54. The van der Waals surface area contributed by atoms with Crippen LogP contribution in [0.3, 0.4) is 0 Å². The second-order valence-electron chi connectivity index (χ2n) is 7.38. The first-order valence-corrected chi connectivity index (χ1v) is 10.2. The van der Waals surface area contributed by atoms with Crippen LogP contribution in [0.25, 0.3) is 0 Å². The minimum atomic E-state index is -0.163. The third-order valence-electron chi connectivity index (χ3n) is 4.87. The maximum Gasteiger partial charge on any atom is 0.255 e. The fraction of sp³-hybridized carbons (Fsp3) is 0.208. The van der Waals surface area contributed by atoms with Gasteiger partial charge in [0.2, 0.25) is 0 Å². The van der Waals surface area contributed by atoms with Crippen LogP contribution in [-0.4, -0.2) is 32.1 Å². The Morgan fingerprint density at radius 3 is 2.71 bits per heavy atom. The summed E-state index contributed by atoms with van der Waals surface area (Å²) in [7, 11) is 0. The molecule has 1 amide bonds. The number of benzene rings is 2. The first-order chi connectivity index (χ1) is 15.1. The summed E-state index contributed by atoms with van der Waals surface area (Å²) in [6, 6.07) is 18.9. The molecule has 2 aromatic heterocycles. The number of carbonyl (C=O) groups excluding carboxylic acids is 1. The van der Waals surface area contributed by atoms with Gasteiger partial charge in [-0.25, -0.2) is 0 Å². The van der Waals surface area contributed by atoms with Crippen LogP contribution in [-0.2, 0) is 13.1 Å². The Morgan fingerprint density at radius 2 is 1.94 bits per heavy atom. The van der Waals surface area contributed by atoms with E-state index in [-0.39, 0.29) is 5.91 Å². The van der Waals surface area contributed by atoms with Gasteiger partial charge < -0.3 is 10.1 Å². The number of hydrogen-bond donors (Lipinski definition) is 1. The van der Waals surface area contributed by atoms with Crippen LogP contribution < -0.4 is 10.1 Å². The zero-order chi connectivity index (χ0) is 21.6. The monoisotopic (exact) mass is 415 g/mol. The Morgan fingerprint density at radius 1 is 1.06 bits per heavy atom. The lowest BCUT2D eigenvalue weighted by atomic mass is 10.1. The van der Waals surface area contributed by atoms with Crippen LogP contribution in [0.4, 0.5) is 5.69 Å². The third kappa shape index (κ3) is 5.39. The lowest BCUT2D eigenvalue weighted by Gasteiger charge is -2.10. The van der Waals surface area contributed by atoms with Crippen LogP contribution in [0.15, 0.2) is 73.1 Å². The molecule has 0 atom stereocenters. The van der Waals surface area contributed by atoms with Gasteiger partial charge in [-0.3, -0.25) is 14.2 Å². The summed E-state index contributed by atoms with van der Waals surface area (Å²) in [6.07, 6.45) is 3.63. The van der Waals surface area contributed by atoms with Gasteiger partial charge in [0, 0.05) is 35.4 Å². The molecule has 1 N–H and O–H groups in total. The number of ether oxygens (including phenoxy) is 1. The molecule has 0 fully saturated rings. The van der Waals surface area contributed by atoms with Crippen molar-refractivity contribution in [3.63, 3.8) is 0 Å². The van der Waals surface area contributed by atoms with Crippen molar-refractivity contribution in [3.8, 4) is 5.75 Å². The van der Waals surface area contributed by atoms with Crippen molar-refractivity contribution < 1.29 is 9.53 Å². The van der Waals surface area contributed by atoms with E-state index in [1.54, 1.807) is 6.20 Å². The molecule has 0 saturated heterocycles. The highest BCUT2D eigenvalue weighted by Gasteiger charge is 2.09. The molecule has 0 saturated carbocycles. The van der Waals surface area contributed by atoms with Crippen molar-refractivity contribution in [2.24, 2.45) is 0 Å². The molecule has 0 bridgehead atoms. The molecule has 0 aliphatic carbocycles. The number of anilines is 1. The van der Waals surface area contributed by atoms with Gasteiger partial charge in [-0.1, -0.05) is 18.2 Å². The Kier molecular flexibility index (Phi) is 6.12. The molecule has 2 heterocycles. The normalized spacial score (nSPS) is 10.8. The Bertz CT molecular complexity index is 1160. The Labute approximate surface area is 181 Å². The molecule has 158 valence electrons. The molecule has 31 heavy (non-hydrogen) atoms. The van der Waals surface area contributed by atoms with E-state index in [2.05, 4.69) is 15.5 Å². The SMILES string of the molecule is Cc1cc(C)n(Cc2cccc(C(=O)Nc3cccc(OCCn4cccn4)c3)c2)n1. The maximum atomic E-state index is 12.8. The van der Waals surface area contributed by atoms with Crippen molar-refractivity contribution in [1.29, 1.82) is 0 Å². The summed E-state index contributed by atoms with van der Waals surface area (Å²) in [4.78, 5) is 12.8. The molecule has 7 heteroatoms. The predicted octanol–water partition coefficient (Wildman–Crippen LogP) is 4.08. The number of hydrogen-bond acceptors (Lipinski definition) is 4. The quantitative estimate of drug-likeness (QED) is 0.471. The molecular weight excluding hydrogens is 390 g/mol. The van der Waals surface area contributed by atoms with E-state index < -0.39 is 0 Å². The minimum absolute atomic E-state index is 0.163. The molecule has 0 spiro atoms. The first-order valence-electron chi connectivity index (χ1n) is 10.2. The number of rotatable bonds is 8. The number of nitrogens with zero attached hydrogens (tertiary/aromatic N) is 4. The molecule has 2 aromatic carbocycles. The summed E-state index contributed by atoms with van der Waals surface area (Å²) in [5, 5.41) is 11.6. The summed E-state index contributed by atoms with van der Waals surface area (Å²) >= 11 is 0. The van der Waals surface area contributed by atoms with E-state index in [0.29, 0.717) is 36.7 Å². The lowest BCUT2D eigenvalue weighted by molar-refractivity contribution is 0.102. The van der Waals surface area contributed by atoms with Gasteiger partial charge in [-0.15, -0.1) is 0 Å². The molecule has 0 aliphatic rings. The number of carbonyl (C=O) groups is 1. The van der Waals surface area contributed by atoms with E-state index in [1.807, 2.05) is 90.1 Å². The number of aryl methyl sites for hydroxylation is 2. The standard InChI is InChI=1S/C24H25N5O2/c1-18-14-19(2)29(27-18)17-20-6-3-7-21(15-20)24(30)26-22-8-4-9-23(16-22)31-13-12-28-11-5-10-25-28/h3-11,14-16H,12-13,17H2,1-2H3,(H,26,30). The third-order valence-corrected chi connectivity index (χ3v) is 4.87. The Balaban J connectivity index is 1.38. The average molecular weight is 415 g/mol. The number of nitrogens with one attached hydrogen (secondary N) is 1. The van der Waals surface area contributed by atoms with Crippen LogP contribution in [0.1, 0.15) is 27.3 Å². The predicted molar refractivity (Wildman–Crippen MR) is 119 cm³/mol. The van der Waals surface area contributed by atoms with Crippen LogP contribution >= 0.6 is 0 Å². The molecule has 7 nitrogen and oxygen atoms in total. The number of aromatic nitrogens is 4. The summed E-state index contributed by atoms with van der Waals surface area (Å²) in [6.45, 7) is 5.78. The molecule has 0 radical (unpaired) electrons. The molecular formula is C24H25N5O2. The summed E-state index contributed by atoms with van der Waals surface area (Å²) in [5.41, 5.74) is 4.39. The average Bonchev–Trinajstić information content (AvgIpc) is 3.38. The maximum absolute atomic E-state index is 12.8. The van der Waals surface area contributed by atoms with Gasteiger partial charge >= 0.3 is 0 Å². The van der Waals surface area contributed by atoms with Crippen molar-refractivity contribution in [2.45, 2.75) is 26.9 Å². The Hall–Kier alpha value is -3.87. The lowest BCUT2D eigenvalue weighted by Crippen LogP contribution is -2.13. The van der Waals surface area contributed by atoms with E-state index >= 15 is 0 Å². The van der Waals surface area contributed by atoms with E-state index in [1.165, 1.54) is 0 Å².